The number of benzene rings is 2. The van der Waals surface area contributed by atoms with Crippen molar-refractivity contribution < 1.29 is 14.7 Å². The van der Waals surface area contributed by atoms with Gasteiger partial charge in [0.1, 0.15) is 0 Å². The zero-order chi connectivity index (χ0) is 19.0. The van der Waals surface area contributed by atoms with Gasteiger partial charge in [0.25, 0.3) is 5.91 Å². The molecule has 134 valence electrons. The van der Waals surface area contributed by atoms with Crippen LogP contribution < -0.4 is 5.32 Å². The van der Waals surface area contributed by atoms with Gasteiger partial charge in [-0.05, 0) is 53.8 Å². The monoisotopic (exact) mass is 358 g/mol. The van der Waals surface area contributed by atoms with Crippen LogP contribution in [0.25, 0.3) is 22.6 Å². The predicted octanol–water partition coefficient (Wildman–Crippen LogP) is 3.78. The normalized spacial score (nSPS) is 14.3. The van der Waals surface area contributed by atoms with Crippen molar-refractivity contribution in [2.45, 2.75) is 12.8 Å². The van der Waals surface area contributed by atoms with Crippen molar-refractivity contribution >= 4 is 34.4 Å². The number of hydrogen-bond donors (Lipinski definition) is 2. The fourth-order valence-corrected chi connectivity index (χ4v) is 3.60. The number of carboxylic acids is 1. The molecule has 1 aromatic heterocycles. The largest absolute Gasteiger partial charge is 0.478 e. The van der Waals surface area contributed by atoms with Crippen molar-refractivity contribution in [2.75, 3.05) is 7.05 Å². The molecule has 0 atom stereocenters. The van der Waals surface area contributed by atoms with Crippen LogP contribution in [0.4, 0.5) is 0 Å². The maximum absolute atomic E-state index is 11.9. The third kappa shape index (κ3) is 2.97. The Balaban J connectivity index is 1.80. The summed E-state index contributed by atoms with van der Waals surface area (Å²) in [5.74, 6) is -1.04. The molecule has 1 aliphatic rings. The van der Waals surface area contributed by atoms with Crippen LogP contribution in [-0.2, 0) is 6.42 Å². The third-order valence-electron chi connectivity index (χ3n) is 4.90. The van der Waals surface area contributed by atoms with Gasteiger partial charge in [0.05, 0.1) is 16.8 Å². The van der Waals surface area contributed by atoms with E-state index in [2.05, 4.69) is 5.32 Å². The highest BCUT2D eigenvalue weighted by Gasteiger charge is 2.26. The Morgan fingerprint density at radius 3 is 2.52 bits per heavy atom. The number of amides is 1. The van der Waals surface area contributed by atoms with E-state index in [9.17, 15) is 14.7 Å². The van der Waals surface area contributed by atoms with Gasteiger partial charge in [-0.3, -0.25) is 4.79 Å². The highest BCUT2D eigenvalue weighted by Crippen LogP contribution is 2.37. The van der Waals surface area contributed by atoms with Crippen molar-refractivity contribution in [3.63, 3.8) is 0 Å². The molecule has 0 spiro atoms. The summed E-state index contributed by atoms with van der Waals surface area (Å²) in [6, 6.07) is 14.7. The maximum atomic E-state index is 11.9. The molecule has 2 aromatic carbocycles. The van der Waals surface area contributed by atoms with E-state index in [-0.39, 0.29) is 5.91 Å². The molecule has 0 radical (unpaired) electrons. The van der Waals surface area contributed by atoms with Gasteiger partial charge in [-0.2, -0.15) is 0 Å². The molecule has 5 heteroatoms. The van der Waals surface area contributed by atoms with E-state index < -0.39 is 5.97 Å². The van der Waals surface area contributed by atoms with Crippen LogP contribution >= 0.6 is 0 Å². The number of allylic oxidation sites excluding steroid dienone is 1. The topological polar surface area (TPSA) is 79.3 Å². The first-order valence-electron chi connectivity index (χ1n) is 8.76. The van der Waals surface area contributed by atoms with Crippen molar-refractivity contribution in [2.24, 2.45) is 0 Å². The molecule has 2 N–H and O–H groups in total. The number of para-hydroxylation sites is 1. The van der Waals surface area contributed by atoms with E-state index in [1.165, 1.54) is 0 Å². The lowest BCUT2D eigenvalue weighted by molar-refractivity contribution is 0.0697. The van der Waals surface area contributed by atoms with Crippen LogP contribution in [-0.4, -0.2) is 29.0 Å². The van der Waals surface area contributed by atoms with Crippen LogP contribution in [0.5, 0.6) is 0 Å². The molecular formula is C22H18N2O3. The number of pyridine rings is 1. The summed E-state index contributed by atoms with van der Waals surface area (Å²) in [7, 11) is 1.60. The molecule has 1 heterocycles. The summed E-state index contributed by atoms with van der Waals surface area (Å²) < 4.78 is 0. The second-order valence-corrected chi connectivity index (χ2v) is 6.51. The van der Waals surface area contributed by atoms with Crippen LogP contribution in [0.2, 0.25) is 0 Å². The minimum Gasteiger partial charge on any atom is -0.478 e. The lowest BCUT2D eigenvalue weighted by Crippen LogP contribution is -2.17. The Morgan fingerprint density at radius 2 is 1.81 bits per heavy atom. The van der Waals surface area contributed by atoms with Crippen LogP contribution in [0.3, 0.4) is 0 Å². The summed E-state index contributed by atoms with van der Waals surface area (Å²) >= 11 is 0. The first-order chi connectivity index (χ1) is 13.1. The third-order valence-corrected chi connectivity index (χ3v) is 4.90. The SMILES string of the molecule is CNC(=O)c1ccc(C=C2CCc3c2nc2ccccc2c3C(=O)O)cc1. The number of carbonyl (C=O) groups excluding carboxylic acids is 1. The Kier molecular flexibility index (Phi) is 4.20. The Bertz CT molecular complexity index is 1100. The van der Waals surface area contributed by atoms with Crippen molar-refractivity contribution in [3.8, 4) is 0 Å². The number of rotatable bonds is 3. The summed E-state index contributed by atoms with van der Waals surface area (Å²) in [5.41, 5.74) is 5.19. The van der Waals surface area contributed by atoms with Crippen molar-refractivity contribution in [1.82, 2.24) is 10.3 Å². The molecule has 0 saturated carbocycles. The lowest BCUT2D eigenvalue weighted by Gasteiger charge is -2.09. The first kappa shape index (κ1) is 17.0. The Morgan fingerprint density at radius 1 is 1.07 bits per heavy atom. The molecule has 0 unspecified atom stereocenters. The highest BCUT2D eigenvalue weighted by atomic mass is 16.4. The van der Waals surface area contributed by atoms with E-state index >= 15 is 0 Å². The van der Waals surface area contributed by atoms with Gasteiger partial charge >= 0.3 is 5.97 Å². The number of carbonyl (C=O) groups is 2. The molecule has 0 aliphatic heterocycles. The van der Waals surface area contributed by atoms with Crippen LogP contribution in [0.1, 0.15) is 44.0 Å². The number of carboxylic acid groups (broad SMARTS) is 1. The van der Waals surface area contributed by atoms with E-state index in [4.69, 9.17) is 4.98 Å². The summed E-state index contributed by atoms with van der Waals surface area (Å²) in [6.07, 6.45) is 3.43. The zero-order valence-corrected chi connectivity index (χ0v) is 14.8. The van der Waals surface area contributed by atoms with E-state index in [1.54, 1.807) is 19.2 Å². The van der Waals surface area contributed by atoms with Crippen LogP contribution in [0.15, 0.2) is 48.5 Å². The Hall–Kier alpha value is -3.47. The second-order valence-electron chi connectivity index (χ2n) is 6.51. The van der Waals surface area contributed by atoms with Gasteiger partial charge in [0, 0.05) is 18.0 Å². The molecule has 5 nitrogen and oxygen atoms in total. The average Bonchev–Trinajstić information content (AvgIpc) is 3.08. The second kappa shape index (κ2) is 6.68. The molecule has 1 aliphatic carbocycles. The molecule has 0 saturated heterocycles. The fourth-order valence-electron chi connectivity index (χ4n) is 3.60. The van der Waals surface area contributed by atoms with Gasteiger partial charge in [-0.15, -0.1) is 0 Å². The quantitative estimate of drug-likeness (QED) is 0.747. The predicted molar refractivity (Wildman–Crippen MR) is 105 cm³/mol. The zero-order valence-electron chi connectivity index (χ0n) is 14.8. The van der Waals surface area contributed by atoms with Gasteiger partial charge in [0.15, 0.2) is 0 Å². The number of nitrogens with one attached hydrogen (secondary N) is 1. The average molecular weight is 358 g/mol. The molecule has 27 heavy (non-hydrogen) atoms. The maximum Gasteiger partial charge on any atom is 0.336 e. The van der Waals surface area contributed by atoms with E-state index in [1.807, 2.05) is 42.5 Å². The van der Waals surface area contributed by atoms with Gasteiger partial charge in [-0.1, -0.05) is 30.3 Å². The van der Waals surface area contributed by atoms with Gasteiger partial charge in [-0.25, -0.2) is 9.78 Å². The first-order valence-corrected chi connectivity index (χ1v) is 8.76. The van der Waals surface area contributed by atoms with Crippen molar-refractivity contribution in [3.05, 3.63) is 76.5 Å². The minimum atomic E-state index is -0.916. The van der Waals surface area contributed by atoms with Gasteiger partial charge in [0.2, 0.25) is 0 Å². The number of nitrogens with zero attached hydrogens (tertiary/aromatic N) is 1. The number of fused-ring (bicyclic) bond motifs is 2. The Labute approximate surface area is 156 Å². The van der Waals surface area contributed by atoms with Crippen LogP contribution in [0, 0.1) is 0 Å². The molecular weight excluding hydrogens is 340 g/mol. The van der Waals surface area contributed by atoms with E-state index in [0.717, 1.165) is 28.8 Å². The molecule has 1 amide bonds. The molecule has 0 bridgehead atoms. The smallest absolute Gasteiger partial charge is 0.336 e. The number of hydrogen-bond acceptors (Lipinski definition) is 3. The lowest BCUT2D eigenvalue weighted by atomic mass is 10.0. The molecule has 3 aromatic rings. The number of aromatic nitrogens is 1. The van der Waals surface area contributed by atoms with Crippen molar-refractivity contribution in [1.29, 1.82) is 0 Å². The van der Waals surface area contributed by atoms with Gasteiger partial charge < -0.3 is 10.4 Å². The number of aromatic carboxylic acids is 1. The molecule has 0 fully saturated rings. The summed E-state index contributed by atoms with van der Waals surface area (Å²) in [6.45, 7) is 0. The highest BCUT2D eigenvalue weighted by molar-refractivity contribution is 6.06. The minimum absolute atomic E-state index is 0.125. The van der Waals surface area contributed by atoms with E-state index in [0.29, 0.717) is 28.5 Å². The molecule has 4 rings (SSSR count). The standard InChI is InChI=1S/C22H18N2O3/c1-23-21(25)14-8-6-13(7-9-14)12-15-10-11-17-19(22(26)27)16-4-2-3-5-18(16)24-20(15)17/h2-9,12H,10-11H2,1H3,(H,23,25)(H,26,27). The summed E-state index contributed by atoms with van der Waals surface area (Å²) in [5, 5.41) is 13.0. The summed E-state index contributed by atoms with van der Waals surface area (Å²) in [4.78, 5) is 28.3. The fraction of sp³-hybridized carbons (Fsp3) is 0.136.